The molecule has 5 nitrogen and oxygen atoms in total. The van der Waals surface area contributed by atoms with Gasteiger partial charge >= 0.3 is 0 Å². The van der Waals surface area contributed by atoms with Gasteiger partial charge in [0, 0.05) is 18.2 Å². The van der Waals surface area contributed by atoms with Crippen molar-refractivity contribution in [2.45, 2.75) is 24.8 Å². The van der Waals surface area contributed by atoms with E-state index in [-0.39, 0.29) is 5.54 Å². The van der Waals surface area contributed by atoms with E-state index in [1.165, 1.54) is 16.7 Å². The number of rotatable bonds is 2. The Balaban J connectivity index is 1.74. The lowest BCUT2D eigenvalue weighted by molar-refractivity contribution is 0.235. The average molecular weight is 309 g/mol. The van der Waals surface area contributed by atoms with Gasteiger partial charge in [0.05, 0.1) is 13.3 Å². The number of ether oxygens (including phenoxy) is 2. The molecular formula is C18H19N3O2. The highest BCUT2D eigenvalue weighted by atomic mass is 16.5. The number of nitrogens with two attached hydrogens (primary N) is 1. The van der Waals surface area contributed by atoms with Gasteiger partial charge in [0.25, 0.3) is 6.02 Å². The maximum Gasteiger partial charge on any atom is 0.282 e. The molecule has 1 aromatic carbocycles. The molecule has 0 fully saturated rings. The van der Waals surface area contributed by atoms with E-state index >= 15 is 0 Å². The topological polar surface area (TPSA) is 69.7 Å². The van der Waals surface area contributed by atoms with Crippen LogP contribution in [-0.2, 0) is 17.6 Å². The molecule has 2 heterocycles. The van der Waals surface area contributed by atoms with E-state index in [9.17, 15) is 0 Å². The highest BCUT2D eigenvalue weighted by molar-refractivity contribution is 5.74. The summed E-state index contributed by atoms with van der Waals surface area (Å²) in [5, 5.41) is 0. The summed E-state index contributed by atoms with van der Waals surface area (Å²) in [6.07, 6.45) is 6.39. The lowest BCUT2D eigenvalue weighted by Crippen LogP contribution is -2.35. The van der Waals surface area contributed by atoms with Gasteiger partial charge in [0.1, 0.15) is 17.9 Å². The van der Waals surface area contributed by atoms with Gasteiger partial charge in [-0.1, -0.05) is 18.2 Å². The molecule has 23 heavy (non-hydrogen) atoms. The van der Waals surface area contributed by atoms with Crippen LogP contribution < -0.4 is 10.5 Å². The van der Waals surface area contributed by atoms with Gasteiger partial charge in [-0.2, -0.15) is 0 Å². The van der Waals surface area contributed by atoms with Gasteiger partial charge in [-0.25, -0.2) is 4.99 Å². The number of nitrogens with zero attached hydrogens (tertiary/aromatic N) is 2. The summed E-state index contributed by atoms with van der Waals surface area (Å²) < 4.78 is 10.7. The third-order valence-corrected chi connectivity index (χ3v) is 4.73. The van der Waals surface area contributed by atoms with E-state index < -0.39 is 0 Å². The van der Waals surface area contributed by atoms with Crippen molar-refractivity contribution in [1.82, 2.24) is 4.98 Å². The second-order valence-electron chi connectivity index (χ2n) is 6.20. The van der Waals surface area contributed by atoms with E-state index in [1.54, 1.807) is 13.3 Å². The minimum atomic E-state index is -0.178. The van der Waals surface area contributed by atoms with Gasteiger partial charge in [0.15, 0.2) is 0 Å². The zero-order chi connectivity index (χ0) is 15.9. The van der Waals surface area contributed by atoms with Crippen molar-refractivity contribution in [1.29, 1.82) is 0 Å². The lowest BCUT2D eigenvalue weighted by atomic mass is 9.77. The van der Waals surface area contributed by atoms with Crippen LogP contribution in [0.5, 0.6) is 5.75 Å². The number of fused-ring (bicyclic) bond motifs is 1. The van der Waals surface area contributed by atoms with Gasteiger partial charge in [-0.05, 0) is 35.6 Å². The molecule has 2 aliphatic rings. The molecule has 1 spiro atoms. The molecule has 1 atom stereocenters. The number of pyridine rings is 1. The predicted molar refractivity (Wildman–Crippen MR) is 88.6 cm³/mol. The Bertz CT molecular complexity index is 788. The zero-order valence-corrected chi connectivity index (χ0v) is 13.1. The summed E-state index contributed by atoms with van der Waals surface area (Å²) in [5.41, 5.74) is 10.5. The van der Waals surface area contributed by atoms with Crippen LogP contribution in [0.1, 0.15) is 17.5 Å². The number of benzene rings is 1. The smallest absolute Gasteiger partial charge is 0.282 e. The van der Waals surface area contributed by atoms with Crippen molar-refractivity contribution in [2.24, 2.45) is 10.7 Å². The first-order valence-corrected chi connectivity index (χ1v) is 7.77. The molecule has 2 N–H and O–H groups in total. The van der Waals surface area contributed by atoms with Crippen molar-refractivity contribution in [2.75, 3.05) is 13.7 Å². The summed E-state index contributed by atoms with van der Waals surface area (Å²) in [6.45, 7) is 0.587. The van der Waals surface area contributed by atoms with E-state index in [2.05, 4.69) is 28.2 Å². The van der Waals surface area contributed by atoms with Crippen LogP contribution in [0.4, 0.5) is 0 Å². The van der Waals surface area contributed by atoms with Gasteiger partial charge in [0.2, 0.25) is 0 Å². The van der Waals surface area contributed by atoms with Gasteiger partial charge in [-0.3, -0.25) is 4.98 Å². The maximum atomic E-state index is 5.72. The number of methoxy groups -OCH3 is 1. The fourth-order valence-electron chi connectivity index (χ4n) is 3.57. The van der Waals surface area contributed by atoms with Gasteiger partial charge in [-0.15, -0.1) is 0 Å². The Kier molecular flexibility index (Phi) is 3.22. The summed E-state index contributed by atoms with van der Waals surface area (Å²) >= 11 is 0. The predicted octanol–water partition coefficient (Wildman–Crippen LogP) is 2.33. The van der Waals surface area contributed by atoms with Crippen LogP contribution in [0, 0.1) is 0 Å². The molecule has 0 saturated carbocycles. The molecule has 1 aromatic heterocycles. The summed E-state index contributed by atoms with van der Waals surface area (Å²) in [5.74, 6) is 0.772. The molecule has 4 rings (SSSR count). The molecule has 1 aliphatic heterocycles. The fraction of sp³-hybridized carbons (Fsp3) is 0.333. The largest absolute Gasteiger partial charge is 0.495 e. The molecule has 0 saturated heterocycles. The van der Waals surface area contributed by atoms with Crippen LogP contribution in [0.25, 0.3) is 11.1 Å². The Morgan fingerprint density at radius 1 is 1.30 bits per heavy atom. The lowest BCUT2D eigenvalue weighted by Gasteiger charge is -2.31. The van der Waals surface area contributed by atoms with Crippen molar-refractivity contribution >= 4 is 6.02 Å². The third kappa shape index (κ3) is 2.42. The van der Waals surface area contributed by atoms with E-state index in [0.717, 1.165) is 30.6 Å². The fourth-order valence-corrected chi connectivity index (χ4v) is 3.57. The summed E-state index contributed by atoms with van der Waals surface area (Å²) in [4.78, 5) is 8.83. The maximum absolute atomic E-state index is 5.72. The number of aliphatic imine (C=N–C) groups is 1. The van der Waals surface area contributed by atoms with Crippen molar-refractivity contribution < 1.29 is 9.47 Å². The molecule has 5 heteroatoms. The first-order chi connectivity index (χ1) is 11.2. The van der Waals surface area contributed by atoms with Crippen LogP contribution in [-0.4, -0.2) is 30.3 Å². The van der Waals surface area contributed by atoms with Crippen molar-refractivity contribution in [3.63, 3.8) is 0 Å². The normalized spacial score (nSPS) is 22.4. The number of hydrogen-bond acceptors (Lipinski definition) is 5. The number of hydrogen-bond donors (Lipinski definition) is 1. The second kappa shape index (κ2) is 5.26. The molecule has 0 radical (unpaired) electrons. The van der Waals surface area contributed by atoms with Crippen molar-refractivity contribution in [3.8, 4) is 16.9 Å². The van der Waals surface area contributed by atoms with E-state index in [4.69, 9.17) is 15.2 Å². The van der Waals surface area contributed by atoms with E-state index in [1.807, 2.05) is 12.3 Å². The molecule has 0 unspecified atom stereocenters. The highest BCUT2D eigenvalue weighted by Gasteiger charge is 2.39. The molecule has 0 amide bonds. The number of aromatic nitrogens is 1. The zero-order valence-electron chi connectivity index (χ0n) is 13.1. The molecule has 118 valence electrons. The van der Waals surface area contributed by atoms with E-state index in [0.29, 0.717) is 12.6 Å². The van der Waals surface area contributed by atoms with Crippen molar-refractivity contribution in [3.05, 3.63) is 47.8 Å². The van der Waals surface area contributed by atoms with Crippen LogP contribution in [0.3, 0.4) is 0 Å². The Labute approximate surface area is 135 Å². The molecule has 1 aliphatic carbocycles. The third-order valence-electron chi connectivity index (χ3n) is 4.73. The standard InChI is InChI=1S/C18H19N3O2/c1-22-14-7-13(9-20-10-14)15-4-2-3-12-8-18(6-5-16(12)15)11-23-17(19)21-18/h2-4,7,9-10H,5-6,8,11H2,1H3,(H2,19,21)/t18-/m0/s1. The van der Waals surface area contributed by atoms with Crippen LogP contribution in [0.15, 0.2) is 41.7 Å². The van der Waals surface area contributed by atoms with Crippen LogP contribution in [0.2, 0.25) is 0 Å². The monoisotopic (exact) mass is 309 g/mol. The Morgan fingerprint density at radius 2 is 2.22 bits per heavy atom. The molecule has 0 bridgehead atoms. The second-order valence-corrected chi connectivity index (χ2v) is 6.20. The number of amidine groups is 1. The quantitative estimate of drug-likeness (QED) is 0.924. The first-order valence-electron chi connectivity index (χ1n) is 7.77. The van der Waals surface area contributed by atoms with Gasteiger partial charge < -0.3 is 15.2 Å². The Hall–Kier alpha value is -2.56. The Morgan fingerprint density at radius 3 is 3.00 bits per heavy atom. The molecule has 2 aromatic rings. The SMILES string of the molecule is COc1cncc(-c2cccc3c2CC[C@@]2(COC(N)=N2)C3)c1. The summed E-state index contributed by atoms with van der Waals surface area (Å²) in [7, 11) is 1.66. The molecular weight excluding hydrogens is 290 g/mol. The van der Waals surface area contributed by atoms with Crippen LogP contribution >= 0.6 is 0 Å². The highest BCUT2D eigenvalue weighted by Crippen LogP contribution is 2.38. The minimum absolute atomic E-state index is 0.178. The minimum Gasteiger partial charge on any atom is -0.495 e. The first kappa shape index (κ1) is 14.1. The average Bonchev–Trinajstić information content (AvgIpc) is 2.94. The summed E-state index contributed by atoms with van der Waals surface area (Å²) in [6, 6.07) is 8.77.